The van der Waals surface area contributed by atoms with E-state index in [0.29, 0.717) is 61.2 Å². The lowest BCUT2D eigenvalue weighted by Crippen LogP contribution is -2.09. The van der Waals surface area contributed by atoms with Gasteiger partial charge in [0.05, 0.1) is 49.2 Å². The number of aryl methyl sites for hydroxylation is 4. The fourth-order valence-corrected chi connectivity index (χ4v) is 27.3. The minimum absolute atomic E-state index is 0.326. The third-order valence-electron chi connectivity index (χ3n) is 30.2. The first-order valence-corrected chi connectivity index (χ1v) is 56.2. The highest BCUT2D eigenvalue weighted by atomic mass is 32.1. The number of carbonyl (C=O) groups excluding carboxylic acids is 2. The van der Waals surface area contributed by atoms with E-state index in [1.807, 2.05) is 69.6 Å². The number of carbonyl (C=O) groups is 2. The van der Waals surface area contributed by atoms with Crippen molar-refractivity contribution in [1.82, 2.24) is 0 Å². The van der Waals surface area contributed by atoms with E-state index >= 15 is 0 Å². The molecule has 4 unspecified atom stereocenters. The van der Waals surface area contributed by atoms with Gasteiger partial charge in [0.2, 0.25) is 0 Å². The lowest BCUT2D eigenvalue weighted by molar-refractivity contribution is -0.0443. The van der Waals surface area contributed by atoms with Gasteiger partial charge in [-0.05, 0) is 262 Å². The van der Waals surface area contributed by atoms with Gasteiger partial charge in [0.1, 0.15) is 32.6 Å². The van der Waals surface area contributed by atoms with Crippen LogP contribution in [0.4, 0.5) is 65.5 Å². The summed E-state index contributed by atoms with van der Waals surface area (Å²) in [6, 6.07) is 106. The number of benzene rings is 14. The Morgan fingerprint density at radius 3 is 0.718 bits per heavy atom. The number of ether oxygens (including phenoxy) is 4. The highest BCUT2D eigenvalue weighted by Crippen LogP contribution is 2.57. The van der Waals surface area contributed by atoms with Gasteiger partial charge in [0, 0.05) is 85.3 Å². The lowest BCUT2D eigenvalue weighted by Gasteiger charge is -2.25. The Morgan fingerprint density at radius 2 is 0.493 bits per heavy atom. The summed E-state index contributed by atoms with van der Waals surface area (Å²) in [6.07, 6.45) is 29.8. The predicted octanol–water partition coefficient (Wildman–Crippen LogP) is 39.0. The number of unbranched alkanes of at least 4 members (excludes halogenated alkanes) is 4. The number of thiophene rings is 4. The quantitative estimate of drug-likeness (QED) is 0.0344. The zero-order valence-electron chi connectivity index (χ0n) is 84.0. The number of aldehydes is 2. The van der Waals surface area contributed by atoms with E-state index in [1.54, 1.807) is 0 Å². The molecule has 2 fully saturated rings. The Bertz CT molecular complexity index is 6750. The molecule has 2 aliphatic heterocycles. The van der Waals surface area contributed by atoms with Crippen molar-refractivity contribution in [3.05, 3.63) is 336 Å². The molecule has 0 aliphatic carbocycles. The zero-order chi connectivity index (χ0) is 97.4. The molecule has 4 aromatic heterocycles. The minimum Gasteiger partial charge on any atom is -0.346 e. The van der Waals surface area contributed by atoms with Crippen LogP contribution in [0.1, 0.15) is 250 Å². The van der Waals surface area contributed by atoms with E-state index in [9.17, 15) is 9.59 Å². The second kappa shape index (κ2) is 47.2. The highest BCUT2D eigenvalue weighted by molar-refractivity contribution is 7.26. The van der Waals surface area contributed by atoms with Crippen LogP contribution < -0.4 is 19.6 Å². The summed E-state index contributed by atoms with van der Waals surface area (Å²) < 4.78 is 29.5. The van der Waals surface area contributed by atoms with Gasteiger partial charge in [-0.2, -0.15) is 0 Å². The molecule has 18 aromatic rings. The first-order chi connectivity index (χ1) is 70.0. The van der Waals surface area contributed by atoms with E-state index in [1.165, 1.54) is 253 Å². The van der Waals surface area contributed by atoms with Crippen LogP contribution in [0.2, 0.25) is 0 Å². The van der Waals surface area contributed by atoms with E-state index in [4.69, 9.17) is 18.9 Å². The fourth-order valence-electron chi connectivity index (χ4n) is 22.0. The molecule has 0 spiro atoms. The zero-order valence-corrected chi connectivity index (χ0v) is 87.3. The van der Waals surface area contributed by atoms with Gasteiger partial charge in [0.25, 0.3) is 0 Å². The molecule has 0 saturated carbocycles. The van der Waals surface area contributed by atoms with Crippen molar-refractivity contribution in [3.63, 3.8) is 0 Å². The molecule has 142 heavy (non-hydrogen) atoms. The van der Waals surface area contributed by atoms with Gasteiger partial charge in [-0.15, -0.1) is 45.3 Å². The maximum absolute atomic E-state index is 11.9. The third-order valence-corrected chi connectivity index (χ3v) is 35.0. The van der Waals surface area contributed by atoms with Crippen molar-refractivity contribution in [2.45, 2.75) is 222 Å². The molecular formula is C128H136N4O6S4. The SMILES string of the molecule is CCCCC(CC)CCc1c2cc(N(c3ccc(C4OCCO4)cc3)c3cccc4ccccc34)sc2c(CCC(CC)CCCC)c2cc(N(c3ccc(C4OCCO4)cc3)c3cccc4ccccc34)sc12.CCCCC(CC)CCc1c2cc(N(c3ccc(C=O)cc3)c3cccc4ccccc34)sc2c(CCC(CC)CCCC)c2cc(N(c3ccc(C=O)cc3)c3cccc4ccccc34)sc12. The standard InChI is InChI=1S/C66H72N2O4S2.C62H64N2O2S2/c1-5-9-17-45(7-3)27-37-55-57-43-61(67(59-25-15-21-47-19-11-13-23-53(47)59)51-33-29-49(30-34-51)65-69-39-40-70-65)74-64(57)56(38-28-46(8-4)18-10-6-2)58-44-62(73-63(55)58)68(60-26-16-22-48-20-12-14-24-54(48)60)52-35-31-50(32-36-52)66-71-41-42-72-66;1-5-9-17-43(7-3)31-37-53-55-39-59(63(49-33-27-45(41-65)28-34-49)57-25-15-21-47-19-11-13-23-51(47)57)68-62(55)54(38-32-44(8-4)18-10-6-2)56-40-60(67-61(53)56)64(50-35-29-46(42-66)30-36-50)58-26-16-22-48-20-12-14-24-52(48)58/h11-16,19-26,29-36,43-46,65-66H,5-10,17-18,27-28,37-42H2,1-4H3;11-16,19-30,33-36,39-44H,5-10,17-18,31-32,37-38H2,1-4H3. The van der Waals surface area contributed by atoms with Gasteiger partial charge in [-0.1, -0.05) is 328 Å². The summed E-state index contributed by atoms with van der Waals surface area (Å²) in [7, 11) is 0. The number of hydrogen-bond donors (Lipinski definition) is 0. The van der Waals surface area contributed by atoms with E-state index in [-0.39, 0.29) is 12.6 Å². The van der Waals surface area contributed by atoms with Crippen LogP contribution in [0.3, 0.4) is 0 Å². The second-order valence-electron chi connectivity index (χ2n) is 39.1. The van der Waals surface area contributed by atoms with Crippen molar-refractivity contribution >= 4 is 207 Å². The monoisotopic (exact) mass is 1950 g/mol. The van der Waals surface area contributed by atoms with Crippen molar-refractivity contribution in [3.8, 4) is 0 Å². The van der Waals surface area contributed by atoms with Crippen molar-refractivity contribution in [2.75, 3.05) is 46.0 Å². The number of fused-ring (bicyclic) bond motifs is 8. The Labute approximate surface area is 856 Å². The average molecular weight is 1950 g/mol. The molecule has 10 nitrogen and oxygen atoms in total. The van der Waals surface area contributed by atoms with Gasteiger partial charge in [-0.25, -0.2) is 0 Å². The minimum atomic E-state index is -0.326. The molecular weight excluding hydrogens is 1820 g/mol. The topological polar surface area (TPSA) is 84.0 Å². The number of rotatable bonds is 44. The summed E-state index contributed by atoms with van der Waals surface area (Å²) in [5, 5.41) is 20.1. The van der Waals surface area contributed by atoms with E-state index < -0.39 is 0 Å². The molecule has 6 heterocycles. The van der Waals surface area contributed by atoms with Crippen molar-refractivity contribution in [2.24, 2.45) is 23.7 Å². The molecule has 4 atom stereocenters. The summed E-state index contributed by atoms with van der Waals surface area (Å²) >= 11 is 7.84. The summed E-state index contributed by atoms with van der Waals surface area (Å²) in [4.78, 5) is 33.8. The first kappa shape index (κ1) is 99.1. The molecule has 20 rings (SSSR count). The molecule has 14 aromatic carbocycles. The molecule has 0 N–H and O–H groups in total. The fraction of sp³-hybridized carbons (Fsp3) is 0.328. The van der Waals surface area contributed by atoms with Crippen molar-refractivity contribution < 1.29 is 28.5 Å². The Hall–Kier alpha value is -11.7. The van der Waals surface area contributed by atoms with Gasteiger partial charge < -0.3 is 38.5 Å². The average Bonchev–Trinajstić information content (AvgIpc) is 1.58. The Balaban J connectivity index is 0.000000181. The van der Waals surface area contributed by atoms with E-state index in [0.717, 1.165) is 96.3 Å². The van der Waals surface area contributed by atoms with Crippen LogP contribution in [0, 0.1) is 23.7 Å². The van der Waals surface area contributed by atoms with Crippen LogP contribution in [-0.4, -0.2) is 39.0 Å². The number of nitrogens with zero attached hydrogens (tertiary/aromatic N) is 4. The molecule has 728 valence electrons. The normalized spacial score (nSPS) is 14.0. The van der Waals surface area contributed by atoms with Crippen LogP contribution in [0.25, 0.3) is 83.4 Å². The maximum Gasteiger partial charge on any atom is 0.184 e. The Morgan fingerprint density at radius 1 is 0.268 bits per heavy atom. The smallest absolute Gasteiger partial charge is 0.184 e. The summed E-state index contributed by atoms with van der Waals surface area (Å²) in [5.41, 5.74) is 18.3. The van der Waals surface area contributed by atoms with Crippen molar-refractivity contribution in [1.29, 1.82) is 0 Å². The summed E-state index contributed by atoms with van der Waals surface area (Å²) in [6.45, 7) is 21.3. The lowest BCUT2D eigenvalue weighted by atomic mass is 9.88. The third kappa shape index (κ3) is 21.6. The molecule has 14 heteroatoms. The summed E-state index contributed by atoms with van der Waals surface area (Å²) in [5.74, 6) is 2.68. The molecule has 0 bridgehead atoms. The predicted molar refractivity (Wildman–Crippen MR) is 610 cm³/mol. The van der Waals surface area contributed by atoms with Crippen LogP contribution >= 0.6 is 45.3 Å². The van der Waals surface area contributed by atoms with Gasteiger partial charge in [-0.3, -0.25) is 9.59 Å². The van der Waals surface area contributed by atoms with Crippen LogP contribution in [-0.2, 0) is 44.6 Å². The number of hydrogen-bond acceptors (Lipinski definition) is 14. The highest BCUT2D eigenvalue weighted by Gasteiger charge is 2.33. The first-order valence-electron chi connectivity index (χ1n) is 52.9. The van der Waals surface area contributed by atoms with E-state index in [2.05, 4.69) is 342 Å². The Kier molecular flexibility index (Phi) is 33.0. The molecule has 0 amide bonds. The molecule has 2 aliphatic rings. The second-order valence-corrected chi connectivity index (χ2v) is 43.3. The van der Waals surface area contributed by atoms with Crippen LogP contribution in [0.5, 0.6) is 0 Å². The maximum atomic E-state index is 11.9. The molecule has 2 saturated heterocycles. The van der Waals surface area contributed by atoms with Gasteiger partial charge >= 0.3 is 0 Å². The molecule has 0 radical (unpaired) electrons. The van der Waals surface area contributed by atoms with Gasteiger partial charge in [0.15, 0.2) is 12.6 Å². The number of anilines is 12. The largest absolute Gasteiger partial charge is 0.346 e. The van der Waals surface area contributed by atoms with Crippen LogP contribution in [0.15, 0.2) is 291 Å².